The molecule has 6 rings (SSSR count). The number of urea groups is 1. The monoisotopic (exact) mass is 890 g/mol. The van der Waals surface area contributed by atoms with Gasteiger partial charge < -0.3 is 29.9 Å². The molecule has 1 atom stereocenters. The van der Waals surface area contributed by atoms with Crippen molar-refractivity contribution in [3.05, 3.63) is 89.3 Å². The smallest absolute Gasteiger partial charge is 0.419 e. The van der Waals surface area contributed by atoms with E-state index in [1.165, 1.54) is 58.4 Å². The maximum absolute atomic E-state index is 14.4. The molecule has 0 bridgehead atoms. The van der Waals surface area contributed by atoms with E-state index < -0.39 is 63.1 Å². The van der Waals surface area contributed by atoms with Gasteiger partial charge in [0.05, 0.1) is 23.1 Å². The summed E-state index contributed by atoms with van der Waals surface area (Å²) in [6.45, 7) is 9.95. The number of amides is 5. The van der Waals surface area contributed by atoms with Crippen molar-refractivity contribution in [2.75, 3.05) is 34.9 Å². The lowest BCUT2D eigenvalue weighted by molar-refractivity contribution is -0.149. The van der Waals surface area contributed by atoms with Gasteiger partial charge in [-0.15, -0.1) is 5.10 Å². The van der Waals surface area contributed by atoms with Crippen LogP contribution in [0.25, 0.3) is 16.6 Å². The van der Waals surface area contributed by atoms with Gasteiger partial charge in [0.2, 0.25) is 15.9 Å². The number of esters is 1. The van der Waals surface area contributed by atoms with Crippen LogP contribution in [0.3, 0.4) is 0 Å². The number of aromatic nitrogens is 5. The first-order chi connectivity index (χ1) is 29.0. The fraction of sp³-hybridized carbons (Fsp3) is 0.325. The molecule has 22 heteroatoms. The quantitative estimate of drug-likeness (QED) is 0.129. The number of fused-ring (bicyclic) bond motifs is 1. The molecular formula is C40H43ClN10O10S. The predicted molar refractivity (Wildman–Crippen MR) is 227 cm³/mol. The minimum Gasteiger partial charge on any atom is -0.455 e. The molecule has 1 fully saturated rings. The van der Waals surface area contributed by atoms with Crippen LogP contribution in [-0.2, 0) is 40.3 Å². The van der Waals surface area contributed by atoms with Crippen molar-refractivity contribution in [3.8, 4) is 5.69 Å². The lowest BCUT2D eigenvalue weighted by atomic mass is 10.0. The average molecular weight is 891 g/mol. The predicted octanol–water partition coefficient (Wildman–Crippen LogP) is 4.52. The highest BCUT2D eigenvalue weighted by molar-refractivity contribution is 7.89. The van der Waals surface area contributed by atoms with Crippen molar-refractivity contribution in [1.29, 1.82) is 0 Å². The van der Waals surface area contributed by atoms with Gasteiger partial charge in [-0.05, 0) is 112 Å². The SMILES string of the molecule is CC(C)(C)OC(=O)c1cc2cc(NC(=O)C(Cc3ccc(NC(=O)NS(C)(=O)=O)cc3)N3CCN(c4cc(Cl)ccc4-n4cnnn4)C(=O)C3=O)ccc2n1C(=O)OC(C)(C)C. The second-order valence-electron chi connectivity index (χ2n) is 16.2. The highest BCUT2D eigenvalue weighted by Crippen LogP contribution is 2.31. The molecule has 3 aromatic carbocycles. The molecule has 1 unspecified atom stereocenters. The molecule has 5 aromatic rings. The number of sulfonamides is 1. The van der Waals surface area contributed by atoms with Crippen molar-refractivity contribution in [3.63, 3.8) is 0 Å². The third-order valence-electron chi connectivity index (χ3n) is 8.93. The number of hydrogen-bond acceptors (Lipinski definition) is 13. The number of piperazine rings is 1. The Labute approximate surface area is 360 Å². The van der Waals surface area contributed by atoms with E-state index in [1.807, 2.05) is 0 Å². The summed E-state index contributed by atoms with van der Waals surface area (Å²) in [6.07, 6.45) is 1.20. The van der Waals surface area contributed by atoms with Gasteiger partial charge in [-0.1, -0.05) is 23.7 Å². The molecule has 1 saturated heterocycles. The number of nitrogens with zero attached hydrogens (tertiary/aromatic N) is 7. The number of carbonyl (C=O) groups is 6. The van der Waals surface area contributed by atoms with Gasteiger partial charge in [-0.3, -0.25) is 14.4 Å². The maximum atomic E-state index is 14.4. The third kappa shape index (κ3) is 10.7. The first kappa shape index (κ1) is 44.7. The molecule has 20 nitrogen and oxygen atoms in total. The summed E-state index contributed by atoms with van der Waals surface area (Å²) >= 11 is 6.32. The number of benzene rings is 3. The average Bonchev–Trinajstić information content (AvgIpc) is 3.83. The van der Waals surface area contributed by atoms with Crippen LogP contribution in [0.5, 0.6) is 0 Å². The normalized spacial score (nSPS) is 14.1. The Hall–Kier alpha value is -6.87. The lowest BCUT2D eigenvalue weighted by Crippen LogP contribution is -2.60. The number of carbonyl (C=O) groups excluding carboxylic acids is 6. The van der Waals surface area contributed by atoms with Gasteiger partial charge in [-0.25, -0.2) is 32.1 Å². The van der Waals surface area contributed by atoms with E-state index in [0.29, 0.717) is 16.6 Å². The first-order valence-electron chi connectivity index (χ1n) is 18.9. The van der Waals surface area contributed by atoms with Crippen LogP contribution in [0.15, 0.2) is 73.1 Å². The van der Waals surface area contributed by atoms with Crippen molar-refractivity contribution < 1.29 is 46.7 Å². The van der Waals surface area contributed by atoms with Crippen molar-refractivity contribution >= 4 is 85.4 Å². The number of halogens is 1. The minimum atomic E-state index is -3.83. The Morgan fingerprint density at radius 2 is 1.50 bits per heavy atom. The van der Waals surface area contributed by atoms with E-state index >= 15 is 0 Å². The molecule has 0 aliphatic carbocycles. The maximum Gasteiger partial charge on any atom is 0.419 e. The number of rotatable bonds is 10. The molecule has 5 amide bonds. The molecule has 3 heterocycles. The summed E-state index contributed by atoms with van der Waals surface area (Å²) in [5, 5.41) is 17.1. The number of ether oxygens (including phenoxy) is 2. The molecule has 0 radical (unpaired) electrons. The molecule has 0 saturated carbocycles. The fourth-order valence-corrected chi connectivity index (χ4v) is 7.03. The van der Waals surface area contributed by atoms with E-state index in [9.17, 15) is 37.2 Å². The molecule has 1 aliphatic rings. The molecule has 326 valence electrons. The summed E-state index contributed by atoms with van der Waals surface area (Å²) in [6, 6.07) is 14.4. The number of anilines is 3. The van der Waals surface area contributed by atoms with Crippen LogP contribution >= 0.6 is 11.6 Å². The second-order valence-corrected chi connectivity index (χ2v) is 18.4. The molecule has 2 aromatic heterocycles. The molecule has 0 spiro atoms. The van der Waals surface area contributed by atoms with E-state index in [1.54, 1.807) is 70.5 Å². The van der Waals surface area contributed by atoms with Crippen LogP contribution < -0.4 is 20.3 Å². The zero-order valence-electron chi connectivity index (χ0n) is 34.6. The van der Waals surface area contributed by atoms with E-state index in [0.717, 1.165) is 15.7 Å². The molecular weight excluding hydrogens is 848 g/mol. The summed E-state index contributed by atoms with van der Waals surface area (Å²) in [5.74, 6) is -3.43. The zero-order chi connectivity index (χ0) is 45.3. The zero-order valence-corrected chi connectivity index (χ0v) is 36.2. The molecule has 62 heavy (non-hydrogen) atoms. The number of tetrazole rings is 1. The summed E-state index contributed by atoms with van der Waals surface area (Å²) in [5.41, 5.74) is -0.0337. The van der Waals surface area contributed by atoms with Crippen LogP contribution in [0.2, 0.25) is 5.02 Å². The Morgan fingerprint density at radius 3 is 2.13 bits per heavy atom. The van der Waals surface area contributed by atoms with E-state index in [-0.39, 0.29) is 52.8 Å². The number of nitrogens with one attached hydrogen (secondary N) is 3. The van der Waals surface area contributed by atoms with Crippen LogP contribution in [-0.4, -0.2) is 110 Å². The van der Waals surface area contributed by atoms with E-state index in [2.05, 4.69) is 26.2 Å². The van der Waals surface area contributed by atoms with Crippen LogP contribution in [0.1, 0.15) is 57.6 Å². The van der Waals surface area contributed by atoms with Gasteiger partial charge in [0, 0.05) is 41.3 Å². The topological polar surface area (TPSA) is 246 Å². The second kappa shape index (κ2) is 17.2. The summed E-state index contributed by atoms with van der Waals surface area (Å²) in [4.78, 5) is 83.8. The van der Waals surface area contributed by atoms with Crippen LogP contribution in [0, 0.1) is 0 Å². The summed E-state index contributed by atoms with van der Waals surface area (Å²) in [7, 11) is -3.83. The Kier molecular flexibility index (Phi) is 12.4. The minimum absolute atomic E-state index is 0.0558. The largest absolute Gasteiger partial charge is 0.455 e. The lowest BCUT2D eigenvalue weighted by Gasteiger charge is -2.38. The van der Waals surface area contributed by atoms with Gasteiger partial charge in [0.1, 0.15) is 29.3 Å². The number of hydrogen-bond donors (Lipinski definition) is 3. The van der Waals surface area contributed by atoms with Gasteiger partial charge in [0.25, 0.3) is 0 Å². The van der Waals surface area contributed by atoms with Crippen molar-refractivity contribution in [1.82, 2.24) is 34.4 Å². The van der Waals surface area contributed by atoms with Gasteiger partial charge >= 0.3 is 29.9 Å². The molecule has 3 N–H and O–H groups in total. The Bertz CT molecular complexity index is 2690. The fourth-order valence-electron chi connectivity index (χ4n) is 6.47. The van der Waals surface area contributed by atoms with Crippen molar-refractivity contribution in [2.24, 2.45) is 0 Å². The van der Waals surface area contributed by atoms with Crippen LogP contribution in [0.4, 0.5) is 26.7 Å². The third-order valence-corrected chi connectivity index (χ3v) is 9.72. The summed E-state index contributed by atoms with van der Waals surface area (Å²) < 4.78 is 38.4. The van der Waals surface area contributed by atoms with E-state index in [4.69, 9.17) is 21.1 Å². The Morgan fingerprint density at radius 1 is 0.823 bits per heavy atom. The van der Waals surface area contributed by atoms with Gasteiger partial charge in [0.15, 0.2) is 0 Å². The first-order valence-corrected chi connectivity index (χ1v) is 21.2. The Balaban J connectivity index is 1.32. The highest BCUT2D eigenvalue weighted by Gasteiger charge is 2.41. The molecule has 1 aliphatic heterocycles. The van der Waals surface area contributed by atoms with Gasteiger partial charge in [-0.2, -0.15) is 4.68 Å². The highest BCUT2D eigenvalue weighted by atomic mass is 35.5. The van der Waals surface area contributed by atoms with Crippen molar-refractivity contribution in [2.45, 2.75) is 65.2 Å². The standard InChI is InChI=1S/C40H43ClN10O10S/c1-39(2,3)60-36(55)32-20-24-19-27(13-15-28(24)51(32)38(57)61-40(4,5)6)43-33(52)31(18-23-8-11-26(12-9-23)44-37(56)45-62(7,58)59)49-17-16-48(34(53)35(49)54)30-21-25(41)10-14-29(30)50-22-42-46-47-50/h8-15,19-22,31H,16-18H2,1-7H3,(H,43,52)(H2,44,45,56).